The molecule has 0 aromatic heterocycles. The Morgan fingerprint density at radius 2 is 1.54 bits per heavy atom. The summed E-state index contributed by atoms with van der Waals surface area (Å²) in [6.07, 6.45) is -1.26. The standard InChI is InChI=1S/C34H42FN7O8/c35-24-10-8-21(9-11-24)31(48)38-14-12-22-16-27(43)23(15-20-5-2-1-3-6-20)17-28(44)26(18-30(46)47)41-29(45)19-40-33(50)25(42-32(22)49)7-4-13-39-34(36)37/h1-3,5-6,8-11,22-23,25-26H,4,7,12-19H2,(H,38,48)(H,40,50)(H,41,45)(H,42,49)(H,46,47)(H4,36,37,39)/t22-,23-,25+,26?/m1/s1. The molecule has 0 spiro atoms. The van der Waals surface area contributed by atoms with Crippen molar-refractivity contribution in [3.05, 3.63) is 71.5 Å². The Hall–Kier alpha value is -5.67. The predicted molar refractivity (Wildman–Crippen MR) is 179 cm³/mol. The highest BCUT2D eigenvalue weighted by molar-refractivity contribution is 5.98. The number of guanidine groups is 1. The number of carbonyl (C=O) groups is 7. The molecule has 15 nitrogen and oxygen atoms in total. The molecular weight excluding hydrogens is 653 g/mol. The molecule has 1 unspecified atom stereocenters. The maximum atomic E-state index is 13.9. The van der Waals surface area contributed by atoms with Crippen molar-refractivity contribution in [2.45, 2.75) is 57.0 Å². The number of rotatable bonds is 12. The van der Waals surface area contributed by atoms with Crippen LogP contribution < -0.4 is 32.7 Å². The van der Waals surface area contributed by atoms with Gasteiger partial charge in [0, 0.05) is 43.3 Å². The molecule has 4 amide bonds. The van der Waals surface area contributed by atoms with Gasteiger partial charge in [-0.3, -0.25) is 38.6 Å². The van der Waals surface area contributed by atoms with Gasteiger partial charge in [-0.1, -0.05) is 30.3 Å². The summed E-state index contributed by atoms with van der Waals surface area (Å²) in [5.74, 6) is -8.18. The van der Waals surface area contributed by atoms with Crippen molar-refractivity contribution in [3.8, 4) is 0 Å². The summed E-state index contributed by atoms with van der Waals surface area (Å²) in [4.78, 5) is 95.3. The van der Waals surface area contributed by atoms with Gasteiger partial charge in [0.2, 0.25) is 17.7 Å². The third-order valence-electron chi connectivity index (χ3n) is 8.04. The first kappa shape index (κ1) is 38.8. The van der Waals surface area contributed by atoms with Crippen LogP contribution >= 0.6 is 0 Å². The highest BCUT2D eigenvalue weighted by Crippen LogP contribution is 2.22. The van der Waals surface area contributed by atoms with Gasteiger partial charge in [-0.2, -0.15) is 0 Å². The van der Waals surface area contributed by atoms with E-state index in [4.69, 9.17) is 11.5 Å². The number of nitrogens with zero attached hydrogens (tertiary/aromatic N) is 1. The summed E-state index contributed by atoms with van der Waals surface area (Å²) in [5.41, 5.74) is 11.6. The van der Waals surface area contributed by atoms with Crippen LogP contribution in [-0.4, -0.2) is 83.9 Å². The molecule has 50 heavy (non-hydrogen) atoms. The summed E-state index contributed by atoms with van der Waals surface area (Å²) < 4.78 is 13.3. The van der Waals surface area contributed by atoms with Gasteiger partial charge in [-0.25, -0.2) is 4.39 Å². The summed E-state index contributed by atoms with van der Waals surface area (Å²) in [5, 5.41) is 19.5. The summed E-state index contributed by atoms with van der Waals surface area (Å²) in [6, 6.07) is 10.9. The summed E-state index contributed by atoms with van der Waals surface area (Å²) in [6.45, 7) is -0.585. The van der Waals surface area contributed by atoms with Crippen molar-refractivity contribution >= 4 is 47.1 Å². The van der Waals surface area contributed by atoms with Crippen molar-refractivity contribution in [3.63, 3.8) is 0 Å². The Bertz CT molecular complexity index is 1560. The Labute approximate surface area is 287 Å². The van der Waals surface area contributed by atoms with E-state index in [1.807, 2.05) is 0 Å². The van der Waals surface area contributed by atoms with E-state index in [1.54, 1.807) is 30.3 Å². The fourth-order valence-corrected chi connectivity index (χ4v) is 5.40. The number of carbonyl (C=O) groups excluding carboxylic acids is 6. The molecule has 0 bridgehead atoms. The van der Waals surface area contributed by atoms with Crippen LogP contribution in [0.4, 0.5) is 4.39 Å². The third-order valence-corrected chi connectivity index (χ3v) is 8.04. The number of amides is 4. The zero-order valence-corrected chi connectivity index (χ0v) is 27.4. The quantitative estimate of drug-likeness (QED) is 0.0887. The van der Waals surface area contributed by atoms with Crippen LogP contribution in [0.25, 0.3) is 0 Å². The number of carboxylic acids is 1. The first-order valence-corrected chi connectivity index (χ1v) is 16.1. The zero-order chi connectivity index (χ0) is 36.6. The first-order chi connectivity index (χ1) is 23.8. The number of benzene rings is 2. The maximum Gasteiger partial charge on any atom is 0.305 e. The van der Waals surface area contributed by atoms with Gasteiger partial charge >= 0.3 is 5.97 Å². The Morgan fingerprint density at radius 3 is 2.20 bits per heavy atom. The van der Waals surface area contributed by atoms with Crippen LogP contribution in [0.5, 0.6) is 0 Å². The average molecular weight is 696 g/mol. The van der Waals surface area contributed by atoms with Crippen LogP contribution in [0.15, 0.2) is 59.6 Å². The highest BCUT2D eigenvalue weighted by atomic mass is 19.1. The van der Waals surface area contributed by atoms with Crippen LogP contribution in [0.2, 0.25) is 0 Å². The Kier molecular flexibility index (Phi) is 15.0. The lowest BCUT2D eigenvalue weighted by molar-refractivity contribution is -0.140. The molecular formula is C34H42FN7O8. The van der Waals surface area contributed by atoms with Gasteiger partial charge in [0.25, 0.3) is 5.91 Å². The van der Waals surface area contributed by atoms with Gasteiger partial charge in [0.05, 0.1) is 19.0 Å². The molecule has 4 atom stereocenters. The number of carboxylic acid groups (broad SMARTS) is 1. The van der Waals surface area contributed by atoms with E-state index in [0.29, 0.717) is 5.56 Å². The number of nitrogens with one attached hydrogen (secondary N) is 4. The molecule has 2 aromatic rings. The monoisotopic (exact) mass is 695 g/mol. The SMILES string of the molecule is NC(N)=NCCC[C@@H]1NC(=O)[C@H](CCNC(=O)c2ccc(F)cc2)CC(=O)[C@H](Cc2ccccc2)CC(=O)C(CC(=O)O)NC(=O)CNC1=O. The van der Waals surface area contributed by atoms with E-state index in [1.165, 1.54) is 12.1 Å². The Balaban J connectivity index is 1.94. The number of ketones is 2. The fraction of sp³-hybridized carbons (Fsp3) is 0.412. The minimum atomic E-state index is -1.49. The molecule has 1 aliphatic rings. The van der Waals surface area contributed by atoms with Crippen LogP contribution in [0.3, 0.4) is 0 Å². The van der Waals surface area contributed by atoms with Crippen LogP contribution in [-0.2, 0) is 35.2 Å². The average Bonchev–Trinajstić information content (AvgIpc) is 3.07. The molecule has 0 saturated carbocycles. The number of halogens is 1. The normalized spacial score (nSPS) is 20.7. The minimum Gasteiger partial charge on any atom is -0.481 e. The van der Waals surface area contributed by atoms with Gasteiger partial charge < -0.3 is 37.8 Å². The molecule has 1 saturated heterocycles. The lowest BCUT2D eigenvalue weighted by Crippen LogP contribution is -2.52. The third kappa shape index (κ3) is 13.1. The van der Waals surface area contributed by atoms with Crippen molar-refractivity contribution in [1.29, 1.82) is 0 Å². The molecule has 0 aliphatic carbocycles. The lowest BCUT2D eigenvalue weighted by atomic mass is 9.83. The zero-order valence-electron chi connectivity index (χ0n) is 27.4. The van der Waals surface area contributed by atoms with E-state index < -0.39 is 90.3 Å². The lowest BCUT2D eigenvalue weighted by Gasteiger charge is -2.24. The maximum absolute atomic E-state index is 13.9. The van der Waals surface area contributed by atoms with Crippen molar-refractivity contribution in [2.24, 2.45) is 28.3 Å². The molecule has 1 fully saturated rings. The van der Waals surface area contributed by atoms with E-state index in [-0.39, 0.29) is 56.7 Å². The van der Waals surface area contributed by atoms with Gasteiger partial charge in [0.1, 0.15) is 17.6 Å². The minimum absolute atomic E-state index is 0.0364. The molecule has 3 rings (SSSR count). The predicted octanol–water partition coefficient (Wildman–Crippen LogP) is -0.0332. The first-order valence-electron chi connectivity index (χ1n) is 16.1. The molecule has 0 radical (unpaired) electrons. The molecule has 1 heterocycles. The van der Waals surface area contributed by atoms with E-state index in [9.17, 15) is 43.1 Å². The number of aliphatic imine (C=N–C) groups is 1. The summed E-state index contributed by atoms with van der Waals surface area (Å²) in [7, 11) is 0. The van der Waals surface area contributed by atoms with Gasteiger partial charge in [-0.05, 0) is 55.5 Å². The largest absolute Gasteiger partial charge is 0.481 e. The van der Waals surface area contributed by atoms with E-state index >= 15 is 0 Å². The number of hydrogen-bond donors (Lipinski definition) is 7. The van der Waals surface area contributed by atoms with Crippen LogP contribution in [0.1, 0.15) is 54.4 Å². The number of aliphatic carboxylic acids is 1. The number of hydrogen-bond acceptors (Lipinski definition) is 8. The second kappa shape index (κ2) is 19.4. The fourth-order valence-electron chi connectivity index (χ4n) is 5.40. The van der Waals surface area contributed by atoms with Gasteiger partial charge in [-0.15, -0.1) is 0 Å². The Morgan fingerprint density at radius 1 is 0.860 bits per heavy atom. The van der Waals surface area contributed by atoms with Crippen LogP contribution in [0, 0.1) is 17.7 Å². The molecule has 2 aromatic carbocycles. The summed E-state index contributed by atoms with van der Waals surface area (Å²) >= 11 is 0. The van der Waals surface area contributed by atoms with Gasteiger partial charge in [0.15, 0.2) is 11.7 Å². The number of nitrogens with two attached hydrogens (primary N) is 2. The van der Waals surface area contributed by atoms with Crippen molar-refractivity contribution < 1.29 is 43.1 Å². The smallest absolute Gasteiger partial charge is 0.305 e. The second-order valence-electron chi connectivity index (χ2n) is 11.9. The molecule has 1 aliphatic heterocycles. The highest BCUT2D eigenvalue weighted by Gasteiger charge is 2.34. The van der Waals surface area contributed by atoms with Crippen molar-refractivity contribution in [2.75, 3.05) is 19.6 Å². The number of Topliss-reactive ketones (excluding diaryl/α,β-unsaturated/α-hetero) is 2. The molecule has 9 N–H and O–H groups in total. The van der Waals surface area contributed by atoms with Crippen molar-refractivity contribution in [1.82, 2.24) is 21.3 Å². The second-order valence-corrected chi connectivity index (χ2v) is 11.9. The topological polar surface area (TPSA) is 252 Å². The molecule has 268 valence electrons. The van der Waals surface area contributed by atoms with E-state index in [2.05, 4.69) is 26.3 Å². The van der Waals surface area contributed by atoms with E-state index in [0.717, 1.165) is 12.1 Å². The molecule has 16 heteroatoms.